The monoisotopic (exact) mass is 389 g/mol. The SMILES string of the molecule is Cc1cocc1C1=C2C=CC(=[N+](C)C)C=C2[Si](C)(C)c2cc(N(C)C)ccc21. The first-order chi connectivity index (χ1) is 13.2. The molecule has 1 aromatic heterocycles. The lowest BCUT2D eigenvalue weighted by Gasteiger charge is -2.38. The van der Waals surface area contributed by atoms with Crippen LogP contribution in [0.5, 0.6) is 0 Å². The van der Waals surface area contributed by atoms with E-state index in [0.29, 0.717) is 0 Å². The molecule has 4 rings (SSSR count). The summed E-state index contributed by atoms with van der Waals surface area (Å²) in [5, 5.41) is 3.00. The number of hydrogen-bond donors (Lipinski definition) is 0. The quantitative estimate of drug-likeness (QED) is 0.568. The average Bonchev–Trinajstić information content (AvgIpc) is 3.07. The van der Waals surface area contributed by atoms with Gasteiger partial charge in [0.25, 0.3) is 0 Å². The Labute approximate surface area is 169 Å². The number of fused-ring (bicyclic) bond motifs is 2. The smallest absolute Gasteiger partial charge is 0.199 e. The maximum Gasteiger partial charge on any atom is 0.199 e. The third-order valence-electron chi connectivity index (χ3n) is 6.05. The number of aryl methyl sites for hydroxylation is 1. The van der Waals surface area contributed by atoms with Crippen molar-refractivity contribution in [2.45, 2.75) is 20.0 Å². The largest absolute Gasteiger partial charge is 0.472 e. The molecule has 2 heterocycles. The van der Waals surface area contributed by atoms with E-state index in [2.05, 4.69) is 94.1 Å². The molecule has 2 aromatic rings. The predicted molar refractivity (Wildman–Crippen MR) is 122 cm³/mol. The summed E-state index contributed by atoms with van der Waals surface area (Å²) in [5.41, 5.74) is 8.92. The highest BCUT2D eigenvalue weighted by Crippen LogP contribution is 2.42. The van der Waals surface area contributed by atoms with E-state index in [4.69, 9.17) is 4.42 Å². The van der Waals surface area contributed by atoms with Gasteiger partial charge in [-0.2, -0.15) is 0 Å². The van der Waals surface area contributed by atoms with Crippen molar-refractivity contribution in [1.29, 1.82) is 0 Å². The van der Waals surface area contributed by atoms with Gasteiger partial charge < -0.3 is 9.32 Å². The molecule has 0 bridgehead atoms. The van der Waals surface area contributed by atoms with Crippen molar-refractivity contribution in [3.8, 4) is 0 Å². The summed E-state index contributed by atoms with van der Waals surface area (Å²) in [5.74, 6) is 0. The second-order valence-electron chi connectivity index (χ2n) is 8.72. The molecule has 1 aliphatic carbocycles. The zero-order valence-electron chi connectivity index (χ0n) is 17.9. The van der Waals surface area contributed by atoms with Crippen LogP contribution < -0.4 is 10.1 Å². The van der Waals surface area contributed by atoms with Crippen molar-refractivity contribution in [2.24, 2.45) is 0 Å². The lowest BCUT2D eigenvalue weighted by atomic mass is 9.89. The number of furan rings is 1. The number of anilines is 1. The minimum Gasteiger partial charge on any atom is -0.472 e. The van der Waals surface area contributed by atoms with Gasteiger partial charge in [-0.3, -0.25) is 0 Å². The predicted octanol–water partition coefficient (Wildman–Crippen LogP) is 4.13. The van der Waals surface area contributed by atoms with Gasteiger partial charge in [-0.1, -0.05) is 19.2 Å². The number of benzene rings is 1. The fourth-order valence-corrected chi connectivity index (χ4v) is 7.36. The number of hydrogen-bond acceptors (Lipinski definition) is 2. The minimum absolute atomic E-state index is 1.18. The van der Waals surface area contributed by atoms with Crippen molar-refractivity contribution >= 4 is 30.2 Å². The first kappa shape index (κ1) is 18.8. The summed E-state index contributed by atoms with van der Waals surface area (Å²) < 4.78 is 7.77. The average molecular weight is 390 g/mol. The van der Waals surface area contributed by atoms with Crippen LogP contribution in [0.25, 0.3) is 5.57 Å². The number of allylic oxidation sites excluding steroid dienone is 5. The molecule has 0 saturated carbocycles. The molecule has 0 atom stereocenters. The summed E-state index contributed by atoms with van der Waals surface area (Å²) >= 11 is 0. The molecule has 1 aliphatic heterocycles. The standard InChI is InChI=1S/C24H29N2OSi/c1-16-14-27-15-21(16)24-19-10-8-17(25(2)3)12-22(19)28(6,7)23-13-18(26(4)5)9-11-20(23)24/h8-15H,1-7H3/q+1. The lowest BCUT2D eigenvalue weighted by Crippen LogP contribution is -2.49. The molecule has 3 nitrogen and oxygen atoms in total. The molecule has 0 spiro atoms. The first-order valence-electron chi connectivity index (χ1n) is 9.76. The van der Waals surface area contributed by atoms with Crippen molar-refractivity contribution < 1.29 is 8.99 Å². The molecular formula is C24H29N2OSi+. The Balaban J connectivity index is 2.10. The Morgan fingerprint density at radius 1 is 1.00 bits per heavy atom. The molecule has 1 aromatic carbocycles. The summed E-state index contributed by atoms with van der Waals surface area (Å²) in [4.78, 5) is 2.19. The van der Waals surface area contributed by atoms with Crippen LogP contribution in [-0.2, 0) is 0 Å². The van der Waals surface area contributed by atoms with Gasteiger partial charge in [0.15, 0.2) is 5.71 Å². The molecule has 0 N–H and O–H groups in total. The van der Waals surface area contributed by atoms with Gasteiger partial charge in [0.1, 0.15) is 22.2 Å². The van der Waals surface area contributed by atoms with Crippen LogP contribution >= 0.6 is 0 Å². The summed E-state index contributed by atoms with van der Waals surface area (Å²) in [6.45, 7) is 7.08. The van der Waals surface area contributed by atoms with Crippen LogP contribution in [0.15, 0.2) is 64.1 Å². The topological polar surface area (TPSA) is 19.4 Å². The Morgan fingerprint density at radius 3 is 2.36 bits per heavy atom. The molecular weight excluding hydrogens is 360 g/mol. The van der Waals surface area contributed by atoms with Gasteiger partial charge in [0.2, 0.25) is 0 Å². The Bertz CT molecular complexity index is 1090. The Kier molecular flexibility index (Phi) is 4.34. The molecule has 0 unspecified atom stereocenters. The van der Waals surface area contributed by atoms with E-state index in [1.807, 2.05) is 12.5 Å². The second-order valence-corrected chi connectivity index (χ2v) is 13.0. The second kappa shape index (κ2) is 6.49. The summed E-state index contributed by atoms with van der Waals surface area (Å²) in [6.07, 6.45) is 10.7. The van der Waals surface area contributed by atoms with Gasteiger partial charge in [0, 0.05) is 37.5 Å². The van der Waals surface area contributed by atoms with E-state index in [-0.39, 0.29) is 0 Å². The fraction of sp³-hybridized carbons (Fsp3) is 0.292. The minimum atomic E-state index is -1.86. The Morgan fingerprint density at radius 2 is 1.75 bits per heavy atom. The van der Waals surface area contributed by atoms with Gasteiger partial charge >= 0.3 is 0 Å². The van der Waals surface area contributed by atoms with Crippen LogP contribution in [0.1, 0.15) is 16.7 Å². The highest BCUT2D eigenvalue weighted by atomic mass is 28.3. The lowest BCUT2D eigenvalue weighted by molar-refractivity contribution is -0.462. The van der Waals surface area contributed by atoms with Gasteiger partial charge in [-0.05, 0) is 57.8 Å². The summed E-state index contributed by atoms with van der Waals surface area (Å²) in [6, 6.07) is 6.95. The van der Waals surface area contributed by atoms with Crippen LogP contribution in [0.3, 0.4) is 0 Å². The Hall–Kier alpha value is -2.59. The molecule has 0 amide bonds. The van der Waals surface area contributed by atoms with Gasteiger partial charge in [-0.25, -0.2) is 4.58 Å². The van der Waals surface area contributed by atoms with Crippen LogP contribution in [0.2, 0.25) is 13.1 Å². The van der Waals surface area contributed by atoms with Crippen LogP contribution in [0, 0.1) is 6.92 Å². The van der Waals surface area contributed by atoms with E-state index < -0.39 is 8.07 Å². The maximum atomic E-state index is 5.58. The fourth-order valence-electron chi connectivity index (χ4n) is 4.29. The van der Waals surface area contributed by atoms with E-state index in [0.717, 1.165) is 0 Å². The molecule has 0 fully saturated rings. The molecule has 28 heavy (non-hydrogen) atoms. The number of nitrogens with zero attached hydrogens (tertiary/aromatic N) is 2. The van der Waals surface area contributed by atoms with Gasteiger partial charge in [0.05, 0.1) is 12.5 Å². The first-order valence-corrected chi connectivity index (χ1v) is 12.8. The number of rotatable bonds is 2. The zero-order valence-corrected chi connectivity index (χ0v) is 18.9. The molecule has 144 valence electrons. The third-order valence-corrected chi connectivity index (χ3v) is 9.57. The molecule has 2 aliphatic rings. The van der Waals surface area contributed by atoms with E-state index in [1.165, 1.54) is 49.6 Å². The van der Waals surface area contributed by atoms with E-state index >= 15 is 0 Å². The normalized spacial score (nSPS) is 17.2. The van der Waals surface area contributed by atoms with Crippen molar-refractivity contribution in [1.82, 2.24) is 0 Å². The summed E-state index contributed by atoms with van der Waals surface area (Å²) in [7, 11) is 6.59. The maximum absolute atomic E-state index is 5.58. The van der Waals surface area contributed by atoms with Crippen LogP contribution in [-0.4, -0.2) is 46.6 Å². The van der Waals surface area contributed by atoms with E-state index in [9.17, 15) is 0 Å². The van der Waals surface area contributed by atoms with Crippen LogP contribution in [0.4, 0.5) is 5.69 Å². The van der Waals surface area contributed by atoms with Crippen molar-refractivity contribution in [3.63, 3.8) is 0 Å². The highest BCUT2D eigenvalue weighted by Gasteiger charge is 2.40. The van der Waals surface area contributed by atoms with Crippen molar-refractivity contribution in [3.05, 3.63) is 76.4 Å². The third kappa shape index (κ3) is 2.75. The van der Waals surface area contributed by atoms with Crippen molar-refractivity contribution in [2.75, 3.05) is 33.1 Å². The molecule has 0 saturated heterocycles. The van der Waals surface area contributed by atoms with Gasteiger partial charge in [-0.15, -0.1) is 0 Å². The highest BCUT2D eigenvalue weighted by molar-refractivity contribution is 6.98. The zero-order chi connectivity index (χ0) is 20.2. The molecule has 0 radical (unpaired) electrons. The molecule has 4 heteroatoms. The van der Waals surface area contributed by atoms with E-state index in [1.54, 1.807) is 0 Å².